The van der Waals surface area contributed by atoms with Crippen molar-refractivity contribution in [3.05, 3.63) is 95.5 Å². The lowest BCUT2D eigenvalue weighted by atomic mass is 9.96. The number of hydrogen-bond acceptors (Lipinski definition) is 3. The number of amides is 2. The molecule has 0 fully saturated rings. The minimum Gasteiger partial charge on any atom is -0.341 e. The predicted octanol–water partition coefficient (Wildman–Crippen LogP) is 4.68. The van der Waals surface area contributed by atoms with Gasteiger partial charge in [-0.15, -0.1) is 0 Å². The molecule has 1 aliphatic rings. The van der Waals surface area contributed by atoms with E-state index in [-0.39, 0.29) is 15.7 Å². The zero-order valence-electron chi connectivity index (χ0n) is 15.8. The maximum absolute atomic E-state index is 13.9. The molecule has 0 spiro atoms. The number of hydrogen-bond donors (Lipinski definition) is 2. The molecule has 2 amide bonds. The van der Waals surface area contributed by atoms with Crippen LogP contribution in [0.4, 0.5) is 10.1 Å². The molecule has 3 aromatic rings. The summed E-state index contributed by atoms with van der Waals surface area (Å²) < 4.78 is 15.6. The first-order valence-corrected chi connectivity index (χ1v) is 10.5. The van der Waals surface area contributed by atoms with Gasteiger partial charge in [0.2, 0.25) is 0 Å². The highest BCUT2D eigenvalue weighted by Gasteiger charge is 2.34. The molecule has 10 heteroatoms. The smallest absolute Gasteiger partial charge is 0.255 e. The molecule has 31 heavy (non-hydrogen) atoms. The minimum atomic E-state index is -0.777. The normalized spacial score (nSPS) is 14.9. The Morgan fingerprint density at radius 1 is 1.16 bits per heavy atom. The van der Waals surface area contributed by atoms with Crippen LogP contribution in [0.2, 0.25) is 10.2 Å². The van der Waals surface area contributed by atoms with Gasteiger partial charge in [0.05, 0.1) is 6.04 Å². The number of nitrogens with zero attached hydrogens (tertiary/aromatic N) is 1. The Bertz CT molecular complexity index is 1330. The van der Waals surface area contributed by atoms with Gasteiger partial charge in [0.1, 0.15) is 11.0 Å². The quantitative estimate of drug-likeness (QED) is 0.488. The Morgan fingerprint density at radius 2 is 1.90 bits per heavy atom. The van der Waals surface area contributed by atoms with Crippen LogP contribution in [0.1, 0.15) is 37.9 Å². The van der Waals surface area contributed by atoms with Gasteiger partial charge >= 0.3 is 0 Å². The number of carbonyl (C=O) groups is 2. The van der Waals surface area contributed by atoms with Crippen molar-refractivity contribution in [1.29, 1.82) is 0 Å². The standard InChI is InChI=1S/C21H13BrCl2FN3O3/c1-28-16(24)4-9(5-17(28)29)20(30)26-15-7-10(22)6-13-18(15)19(27-21(13)31)12-8-11(25)2-3-14(12)23/h2-8,19H,1H3,(H,26,30)(H,27,31)/t19-/m1/s1. The molecule has 1 atom stereocenters. The number of halogens is 4. The van der Waals surface area contributed by atoms with Crippen molar-refractivity contribution in [2.24, 2.45) is 7.05 Å². The first-order valence-electron chi connectivity index (χ1n) is 8.93. The van der Waals surface area contributed by atoms with E-state index < -0.39 is 29.2 Å². The van der Waals surface area contributed by atoms with Crippen molar-refractivity contribution >= 4 is 56.6 Å². The van der Waals surface area contributed by atoms with Crippen LogP contribution in [0.3, 0.4) is 0 Å². The Hall–Kier alpha value is -2.68. The predicted molar refractivity (Wildman–Crippen MR) is 120 cm³/mol. The van der Waals surface area contributed by atoms with Crippen LogP contribution < -0.4 is 16.2 Å². The number of benzene rings is 2. The van der Waals surface area contributed by atoms with Crippen molar-refractivity contribution in [2.45, 2.75) is 6.04 Å². The Balaban J connectivity index is 1.81. The van der Waals surface area contributed by atoms with E-state index in [1.807, 2.05) is 0 Å². The van der Waals surface area contributed by atoms with Crippen LogP contribution in [0.25, 0.3) is 0 Å². The summed E-state index contributed by atoms with van der Waals surface area (Å²) in [4.78, 5) is 37.4. The van der Waals surface area contributed by atoms with Gasteiger partial charge in [0, 0.05) is 50.6 Å². The van der Waals surface area contributed by atoms with Gasteiger partial charge in [-0.05, 0) is 36.4 Å². The van der Waals surface area contributed by atoms with E-state index in [0.717, 1.165) is 6.07 Å². The van der Waals surface area contributed by atoms with E-state index in [1.165, 1.54) is 35.9 Å². The highest BCUT2D eigenvalue weighted by molar-refractivity contribution is 9.10. The molecule has 0 unspecified atom stereocenters. The average molecular weight is 525 g/mol. The maximum atomic E-state index is 13.9. The molecule has 4 rings (SSSR count). The summed E-state index contributed by atoms with van der Waals surface area (Å²) in [5, 5.41) is 5.85. The van der Waals surface area contributed by atoms with Gasteiger partial charge in [-0.25, -0.2) is 4.39 Å². The van der Waals surface area contributed by atoms with Gasteiger partial charge in [0.15, 0.2) is 0 Å². The Kier molecular flexibility index (Phi) is 5.63. The Morgan fingerprint density at radius 3 is 2.61 bits per heavy atom. The summed E-state index contributed by atoms with van der Waals surface area (Å²) >= 11 is 15.6. The lowest BCUT2D eigenvalue weighted by molar-refractivity contribution is 0.0959. The van der Waals surface area contributed by atoms with Crippen LogP contribution in [0.5, 0.6) is 0 Å². The molecular formula is C21H13BrCl2FN3O3. The summed E-state index contributed by atoms with van der Waals surface area (Å²) in [5.74, 6) is -1.50. The fraction of sp³-hybridized carbons (Fsp3) is 0.0952. The number of rotatable bonds is 3. The average Bonchev–Trinajstić information content (AvgIpc) is 3.04. The molecule has 0 bridgehead atoms. The minimum absolute atomic E-state index is 0.0550. The van der Waals surface area contributed by atoms with Crippen molar-refractivity contribution < 1.29 is 14.0 Å². The van der Waals surface area contributed by atoms with E-state index in [4.69, 9.17) is 23.2 Å². The fourth-order valence-electron chi connectivity index (χ4n) is 3.40. The van der Waals surface area contributed by atoms with Gasteiger partial charge in [-0.2, -0.15) is 0 Å². The second-order valence-electron chi connectivity index (χ2n) is 6.91. The fourth-order valence-corrected chi connectivity index (χ4v) is 4.28. The molecule has 1 aromatic heterocycles. The highest BCUT2D eigenvalue weighted by atomic mass is 79.9. The summed E-state index contributed by atoms with van der Waals surface area (Å²) in [6.45, 7) is 0. The van der Waals surface area contributed by atoms with Crippen LogP contribution >= 0.6 is 39.1 Å². The maximum Gasteiger partial charge on any atom is 0.255 e. The van der Waals surface area contributed by atoms with Gasteiger partial charge in [-0.3, -0.25) is 14.4 Å². The van der Waals surface area contributed by atoms with Crippen LogP contribution in [0, 0.1) is 5.82 Å². The van der Waals surface area contributed by atoms with Crippen molar-refractivity contribution in [2.75, 3.05) is 5.32 Å². The first kappa shape index (κ1) is 21.5. The second kappa shape index (κ2) is 8.11. The number of pyridine rings is 1. The number of fused-ring (bicyclic) bond motifs is 1. The largest absolute Gasteiger partial charge is 0.341 e. The van der Waals surface area contributed by atoms with E-state index in [9.17, 15) is 18.8 Å². The van der Waals surface area contributed by atoms with E-state index in [2.05, 4.69) is 26.6 Å². The summed E-state index contributed by atoms with van der Waals surface area (Å²) in [7, 11) is 1.48. The molecule has 0 saturated carbocycles. The molecule has 0 saturated heterocycles. The lowest BCUT2D eigenvalue weighted by Gasteiger charge is -2.18. The van der Waals surface area contributed by atoms with Gasteiger partial charge in [0.25, 0.3) is 17.4 Å². The third kappa shape index (κ3) is 3.98. The van der Waals surface area contributed by atoms with Crippen LogP contribution in [0.15, 0.2) is 51.7 Å². The lowest BCUT2D eigenvalue weighted by Crippen LogP contribution is -2.22. The number of anilines is 1. The highest BCUT2D eigenvalue weighted by Crippen LogP contribution is 2.41. The first-order chi connectivity index (χ1) is 14.7. The number of aromatic nitrogens is 1. The zero-order chi connectivity index (χ0) is 22.4. The van der Waals surface area contributed by atoms with Crippen molar-refractivity contribution in [1.82, 2.24) is 9.88 Å². The molecule has 1 aliphatic heterocycles. The number of carbonyl (C=O) groups excluding carboxylic acids is 2. The molecule has 0 radical (unpaired) electrons. The summed E-state index contributed by atoms with van der Waals surface area (Å²) in [5.41, 5.74) is 0.997. The van der Waals surface area contributed by atoms with Crippen LogP contribution in [-0.2, 0) is 7.05 Å². The van der Waals surface area contributed by atoms with Crippen LogP contribution in [-0.4, -0.2) is 16.4 Å². The van der Waals surface area contributed by atoms with E-state index in [1.54, 1.807) is 12.1 Å². The summed E-state index contributed by atoms with van der Waals surface area (Å²) in [6, 6.07) is 8.80. The third-order valence-corrected chi connectivity index (χ3v) is 6.10. The molecule has 158 valence electrons. The van der Waals surface area contributed by atoms with E-state index >= 15 is 0 Å². The van der Waals surface area contributed by atoms with E-state index in [0.29, 0.717) is 26.9 Å². The molecule has 6 nitrogen and oxygen atoms in total. The Labute approximate surface area is 194 Å². The molecule has 2 heterocycles. The monoisotopic (exact) mass is 523 g/mol. The second-order valence-corrected chi connectivity index (χ2v) is 8.62. The van der Waals surface area contributed by atoms with Crippen molar-refractivity contribution in [3.8, 4) is 0 Å². The van der Waals surface area contributed by atoms with Gasteiger partial charge in [-0.1, -0.05) is 39.1 Å². The molecule has 2 N–H and O–H groups in total. The van der Waals surface area contributed by atoms with Crippen molar-refractivity contribution in [3.63, 3.8) is 0 Å². The topological polar surface area (TPSA) is 80.2 Å². The summed E-state index contributed by atoms with van der Waals surface area (Å²) in [6.07, 6.45) is 0. The molecular weight excluding hydrogens is 512 g/mol. The molecule has 2 aromatic carbocycles. The number of nitrogens with one attached hydrogen (secondary N) is 2. The zero-order valence-corrected chi connectivity index (χ0v) is 18.9. The third-order valence-electron chi connectivity index (χ3n) is 4.94. The SMILES string of the molecule is Cn1c(Cl)cc(C(=O)Nc2cc(Br)cc3c2[C@@H](c2cc(F)ccc2Cl)NC3=O)cc1=O. The molecule has 0 aliphatic carbocycles. The van der Waals surface area contributed by atoms with Gasteiger partial charge < -0.3 is 15.2 Å².